The standard InChI is InChI=1S/C14H21N3O2S/c1-15-20(18,19)10-11-4-5-14-13(8-11)12(9-16-14)6-7-17(2)3/h4-5,8-9,15-16H,6-7,10H2,1-3H3/i2D3,3D3,7D2/hD2. The van der Waals surface area contributed by atoms with E-state index >= 15 is 0 Å². The van der Waals surface area contributed by atoms with Crippen molar-refractivity contribution in [2.75, 3.05) is 27.5 Å². The first-order valence-electron chi connectivity index (χ1n) is 10.6. The van der Waals surface area contributed by atoms with Crippen LogP contribution < -0.4 is 4.72 Å². The van der Waals surface area contributed by atoms with Crippen molar-refractivity contribution in [1.82, 2.24) is 14.6 Å². The van der Waals surface area contributed by atoms with Crippen molar-refractivity contribution in [3.8, 4) is 0 Å². The zero-order valence-corrected chi connectivity index (χ0v) is 11.6. The quantitative estimate of drug-likeness (QED) is 0.846. The highest BCUT2D eigenvalue weighted by molar-refractivity contribution is 7.88. The summed E-state index contributed by atoms with van der Waals surface area (Å²) in [6.45, 7) is -9.31. The average molecular weight is 305 g/mol. The minimum Gasteiger partial charge on any atom is -0.361 e. The van der Waals surface area contributed by atoms with Gasteiger partial charge in [-0.3, -0.25) is 0 Å². The highest BCUT2D eigenvalue weighted by atomic mass is 32.2. The summed E-state index contributed by atoms with van der Waals surface area (Å²) in [6, 6.07) is 4.30. The van der Waals surface area contributed by atoms with Crippen LogP contribution in [0.3, 0.4) is 0 Å². The molecule has 0 aliphatic rings. The van der Waals surface area contributed by atoms with Crippen LogP contribution in [0.1, 0.15) is 22.1 Å². The number of rotatable bonds is 6. The Balaban J connectivity index is 2.52. The second-order valence-corrected chi connectivity index (χ2v) is 6.03. The number of aromatic nitrogens is 1. The number of likely N-dealkylation sites (N-methyl/N-ethyl adjacent to an activating group) is 1. The summed E-state index contributed by atoms with van der Waals surface area (Å²) in [4.78, 5) is 0.744. The van der Waals surface area contributed by atoms with Gasteiger partial charge in [0.15, 0.2) is 1.41 Å². The van der Waals surface area contributed by atoms with Gasteiger partial charge in [0.2, 0.25) is 10.0 Å². The smallest absolute Gasteiger partial charge is 0.215 e. The summed E-state index contributed by atoms with van der Waals surface area (Å²) in [5.74, 6) is -0.505. The Bertz CT molecular complexity index is 1010. The lowest BCUT2D eigenvalue weighted by atomic mass is 10.1. The van der Waals surface area contributed by atoms with E-state index in [0.717, 1.165) is 12.0 Å². The predicted octanol–water partition coefficient (Wildman–Crippen LogP) is 1.32. The zero-order chi connectivity index (χ0) is 23.3. The van der Waals surface area contributed by atoms with Crippen LogP contribution in [0.25, 0.3) is 10.9 Å². The monoisotopic (exact) mass is 305 g/mol. The molecule has 0 atom stereocenters. The van der Waals surface area contributed by atoms with Gasteiger partial charge in [-0.05, 0) is 50.7 Å². The van der Waals surface area contributed by atoms with Crippen LogP contribution in [0.4, 0.5) is 0 Å². The number of H-pyrrole nitrogens is 1. The molecule has 0 spiro atoms. The van der Waals surface area contributed by atoms with Crippen LogP contribution in [-0.2, 0) is 22.2 Å². The van der Waals surface area contributed by atoms with Gasteiger partial charge >= 0.3 is 0 Å². The van der Waals surface area contributed by atoms with Crippen molar-refractivity contribution in [2.45, 2.75) is 12.2 Å². The first-order valence-corrected chi connectivity index (χ1v) is 7.35. The highest BCUT2D eigenvalue weighted by Crippen LogP contribution is 2.21. The van der Waals surface area contributed by atoms with Crippen molar-refractivity contribution in [3.63, 3.8) is 0 Å². The predicted molar refractivity (Wildman–Crippen MR) is 82.2 cm³/mol. The van der Waals surface area contributed by atoms with Gasteiger partial charge < -0.3 is 9.88 Å². The van der Waals surface area contributed by atoms with Crippen molar-refractivity contribution in [2.24, 2.45) is 0 Å². The van der Waals surface area contributed by atoms with Crippen LogP contribution in [-0.4, -0.2) is 45.8 Å². The molecule has 5 nitrogen and oxygen atoms in total. The number of fused-ring (bicyclic) bond motifs is 1. The molecule has 0 bridgehead atoms. The van der Waals surface area contributed by atoms with Crippen molar-refractivity contribution in [3.05, 3.63) is 35.5 Å². The number of sulfonamides is 1. The largest absolute Gasteiger partial charge is 0.361 e. The number of hydrogen-bond acceptors (Lipinski definition) is 3. The molecule has 0 radical (unpaired) electrons. The van der Waals surface area contributed by atoms with Crippen molar-refractivity contribution < 1.29 is 22.2 Å². The van der Waals surface area contributed by atoms with E-state index in [0.29, 0.717) is 10.2 Å². The van der Waals surface area contributed by atoms with Gasteiger partial charge in [-0.15, -0.1) is 0 Å². The second kappa shape index (κ2) is 5.95. The van der Waals surface area contributed by atoms with E-state index < -0.39 is 42.6 Å². The van der Waals surface area contributed by atoms with Crippen LogP contribution in [0, 0.1) is 0 Å². The molecule has 0 unspecified atom stereocenters. The van der Waals surface area contributed by atoms with E-state index in [2.05, 4.69) is 0 Å². The topological polar surface area (TPSA) is 65.2 Å². The number of aromatic amines is 1. The third kappa shape index (κ3) is 3.59. The molecule has 0 saturated heterocycles. The molecule has 2 N–H and O–H groups in total. The van der Waals surface area contributed by atoms with Crippen LogP contribution in [0.2, 0.25) is 2.82 Å². The van der Waals surface area contributed by atoms with Crippen LogP contribution >= 0.6 is 0 Å². The molecule has 0 amide bonds. The molecule has 1 aromatic heterocycles. The average Bonchev–Trinajstić information content (AvgIpc) is 2.78. The van der Waals surface area contributed by atoms with Gasteiger partial charge in [0, 0.05) is 34.6 Å². The van der Waals surface area contributed by atoms with E-state index in [1.165, 1.54) is 24.4 Å². The third-order valence-electron chi connectivity index (χ3n) is 2.82. The molecule has 1 aromatic carbocycles. The normalized spacial score (nSPS) is 21.9. The maximum atomic E-state index is 12.0. The van der Waals surface area contributed by atoms with Crippen LogP contribution in [0.5, 0.6) is 0 Å². The van der Waals surface area contributed by atoms with E-state index in [1.807, 2.05) is 0 Å². The summed E-state index contributed by atoms with van der Waals surface area (Å²) < 4.78 is 100. The highest BCUT2D eigenvalue weighted by Gasteiger charge is 2.11. The number of nitrogens with zero attached hydrogens (tertiary/aromatic N) is 1. The molecule has 110 valence electrons. The molecule has 0 aliphatic heterocycles. The molecule has 0 saturated carbocycles. The van der Waals surface area contributed by atoms with Crippen molar-refractivity contribution >= 4 is 20.9 Å². The summed E-state index contributed by atoms with van der Waals surface area (Å²) >= 11 is 0. The molecular formula is C14H21N3O2S. The lowest BCUT2D eigenvalue weighted by Gasteiger charge is -2.08. The number of benzene rings is 1. The minimum absolute atomic E-state index is 0.141. The molecule has 0 fully saturated rings. The third-order valence-corrected chi connectivity index (χ3v) is 4.08. The maximum Gasteiger partial charge on any atom is 0.215 e. The molecule has 2 rings (SSSR count). The van der Waals surface area contributed by atoms with Gasteiger partial charge in [0.1, 0.15) is 1.41 Å². The number of nitrogens with one attached hydrogen (secondary N) is 2. The fourth-order valence-electron chi connectivity index (χ4n) is 1.84. The lowest BCUT2D eigenvalue weighted by molar-refractivity contribution is 0.414. The molecule has 20 heavy (non-hydrogen) atoms. The number of aryl methyl sites for hydroxylation is 1. The Kier molecular flexibility index (Phi) is 1.96. The lowest BCUT2D eigenvalue weighted by Crippen LogP contribution is -2.20. The zero-order valence-electron chi connectivity index (χ0n) is 20.8. The summed E-state index contributed by atoms with van der Waals surface area (Å²) in [6.07, 6.45) is 0.551. The Hall–Kier alpha value is -1.37. The first kappa shape index (κ1) is 6.60. The molecule has 6 heteroatoms. The van der Waals surface area contributed by atoms with Crippen LogP contribution in [0.15, 0.2) is 24.4 Å². The van der Waals surface area contributed by atoms with Gasteiger partial charge in [-0.2, -0.15) is 0 Å². The molecule has 0 aliphatic carbocycles. The number of hydrogen-bond donors (Lipinski definition) is 2. The van der Waals surface area contributed by atoms with E-state index in [1.54, 1.807) is 0 Å². The van der Waals surface area contributed by atoms with Gasteiger partial charge in [-0.25, -0.2) is 13.1 Å². The second-order valence-electron chi connectivity index (χ2n) is 4.21. The van der Waals surface area contributed by atoms with Gasteiger partial charge in [0.05, 0.1) is 5.75 Å². The maximum absolute atomic E-state index is 12.0. The molecular weight excluding hydrogens is 274 g/mol. The molecule has 2 aromatic rings. The SMILES string of the molecule is [2H]N(C)S(=O)(=O)Cc1ccc2c(c1)c(CC([2H])([2H])N(C([2H])([2H])[2H])C([2H])([2H])[2H])cn2[2H]. The van der Waals surface area contributed by atoms with E-state index in [-0.39, 0.29) is 21.4 Å². The summed E-state index contributed by atoms with van der Waals surface area (Å²) in [5, 5.41) is 0.283. The summed E-state index contributed by atoms with van der Waals surface area (Å²) in [7, 11) is -2.84. The fraction of sp³-hybridized carbons (Fsp3) is 0.429. The van der Waals surface area contributed by atoms with E-state index in [9.17, 15) is 8.42 Å². The van der Waals surface area contributed by atoms with Gasteiger partial charge in [-0.1, -0.05) is 6.07 Å². The Labute approximate surface area is 134 Å². The molecule has 1 heterocycles. The Morgan fingerprint density at radius 1 is 1.55 bits per heavy atom. The Morgan fingerprint density at radius 2 is 2.35 bits per heavy atom. The van der Waals surface area contributed by atoms with E-state index in [4.69, 9.17) is 13.8 Å². The first-order chi connectivity index (χ1) is 13.4. The fourth-order valence-corrected chi connectivity index (χ4v) is 2.57. The minimum atomic E-state index is -3.90. The van der Waals surface area contributed by atoms with Gasteiger partial charge in [0.25, 0.3) is 0 Å². The Morgan fingerprint density at radius 3 is 3.05 bits per heavy atom. The summed E-state index contributed by atoms with van der Waals surface area (Å²) in [5.41, 5.74) is 0.718. The van der Waals surface area contributed by atoms with Crippen molar-refractivity contribution in [1.29, 1.82) is 0 Å².